The van der Waals surface area contributed by atoms with Crippen LogP contribution < -0.4 is 0 Å². The molecule has 0 saturated heterocycles. The van der Waals surface area contributed by atoms with E-state index in [2.05, 4.69) is 0 Å². The van der Waals surface area contributed by atoms with Crippen LogP contribution in [0.5, 0.6) is 23.0 Å². The lowest BCUT2D eigenvalue weighted by atomic mass is 10.0. The van der Waals surface area contributed by atoms with E-state index in [4.69, 9.17) is 10.2 Å². The predicted molar refractivity (Wildman–Crippen MR) is 91.3 cm³/mol. The van der Waals surface area contributed by atoms with Crippen molar-refractivity contribution in [1.29, 1.82) is 0 Å². The van der Waals surface area contributed by atoms with Crippen LogP contribution in [0.3, 0.4) is 0 Å². The number of ketones is 3. The molecular weight excluding hydrogens is 340 g/mol. The molecule has 0 radical (unpaired) electrons. The average molecular weight is 354 g/mol. The monoisotopic (exact) mass is 354 g/mol. The number of hydrogen-bond donors (Lipinski definition) is 4. The summed E-state index contributed by atoms with van der Waals surface area (Å²) in [5.74, 6) is -3.30. The van der Waals surface area contributed by atoms with E-state index in [9.17, 15) is 24.6 Å². The molecule has 7 heteroatoms. The van der Waals surface area contributed by atoms with Crippen LogP contribution in [0.2, 0.25) is 0 Å². The molecule has 0 unspecified atom stereocenters. The quantitative estimate of drug-likeness (QED) is 0.281. The molecule has 1 aliphatic rings. The van der Waals surface area contributed by atoms with Gasteiger partial charge in [0.1, 0.15) is 5.75 Å². The molecule has 2 aromatic carbocycles. The predicted octanol–water partition coefficient (Wildman–Crippen LogP) is 1.99. The lowest BCUT2D eigenvalue weighted by Gasteiger charge is -2.06. The molecule has 132 valence electrons. The van der Waals surface area contributed by atoms with Gasteiger partial charge in [0.2, 0.25) is 17.3 Å². The number of benzene rings is 2. The van der Waals surface area contributed by atoms with Crippen LogP contribution in [0.15, 0.2) is 60.7 Å². The van der Waals surface area contributed by atoms with E-state index in [-0.39, 0.29) is 16.9 Å². The van der Waals surface area contributed by atoms with Gasteiger partial charge < -0.3 is 20.4 Å². The highest BCUT2D eigenvalue weighted by Crippen LogP contribution is 2.37. The topological polar surface area (TPSA) is 132 Å². The largest absolute Gasteiger partial charge is 0.508 e. The van der Waals surface area contributed by atoms with Crippen LogP contribution in [0.1, 0.15) is 15.9 Å². The summed E-state index contributed by atoms with van der Waals surface area (Å²) in [6.45, 7) is 0. The molecule has 0 bridgehead atoms. The second-order valence-electron chi connectivity index (χ2n) is 5.15. The first kappa shape index (κ1) is 18.5. The fourth-order valence-corrected chi connectivity index (χ4v) is 1.97. The Labute approximate surface area is 147 Å². The third kappa shape index (κ3) is 4.15. The van der Waals surface area contributed by atoms with Crippen LogP contribution >= 0.6 is 0 Å². The fraction of sp³-hybridized carbons (Fsp3) is 0. The Bertz CT molecular complexity index is 900. The highest BCUT2D eigenvalue weighted by Gasteiger charge is 2.18. The van der Waals surface area contributed by atoms with Crippen molar-refractivity contribution >= 4 is 17.3 Å². The van der Waals surface area contributed by atoms with Gasteiger partial charge in [0.15, 0.2) is 17.3 Å². The Kier molecular flexibility index (Phi) is 5.54. The van der Waals surface area contributed by atoms with Crippen molar-refractivity contribution in [3.05, 3.63) is 71.8 Å². The first-order valence-electron chi connectivity index (χ1n) is 7.32. The molecule has 0 heterocycles. The number of rotatable bonds is 2. The Balaban J connectivity index is 0.000000254. The van der Waals surface area contributed by atoms with Gasteiger partial charge in [-0.25, -0.2) is 0 Å². The second-order valence-corrected chi connectivity index (χ2v) is 5.15. The summed E-state index contributed by atoms with van der Waals surface area (Å²) in [6.07, 6.45) is 5.60. The van der Waals surface area contributed by atoms with E-state index in [1.54, 1.807) is 12.2 Å². The summed E-state index contributed by atoms with van der Waals surface area (Å²) in [7, 11) is 0. The number of carbonyl (C=O) groups is 3. The van der Waals surface area contributed by atoms with E-state index in [0.717, 1.165) is 6.07 Å². The molecule has 0 spiro atoms. The van der Waals surface area contributed by atoms with E-state index < -0.39 is 34.6 Å². The molecular formula is C19H14O7. The van der Waals surface area contributed by atoms with E-state index in [1.807, 2.05) is 0 Å². The van der Waals surface area contributed by atoms with Crippen molar-refractivity contribution in [1.82, 2.24) is 0 Å². The molecule has 0 aliphatic heterocycles. The summed E-state index contributed by atoms with van der Waals surface area (Å²) in [6, 6.07) is 7.78. The van der Waals surface area contributed by atoms with Crippen molar-refractivity contribution in [3.63, 3.8) is 0 Å². The minimum atomic E-state index is -0.736. The Hall–Kier alpha value is -3.87. The summed E-state index contributed by atoms with van der Waals surface area (Å²) < 4.78 is 0. The van der Waals surface area contributed by atoms with Gasteiger partial charge in [0, 0.05) is 5.56 Å². The summed E-state index contributed by atoms with van der Waals surface area (Å²) >= 11 is 0. The highest BCUT2D eigenvalue weighted by atomic mass is 16.3. The van der Waals surface area contributed by atoms with Gasteiger partial charge in [-0.15, -0.1) is 0 Å². The van der Waals surface area contributed by atoms with Crippen LogP contribution in [0.4, 0.5) is 0 Å². The zero-order chi connectivity index (χ0) is 19.3. The second kappa shape index (κ2) is 7.80. The van der Waals surface area contributed by atoms with E-state index in [0.29, 0.717) is 0 Å². The minimum Gasteiger partial charge on any atom is -0.508 e. The van der Waals surface area contributed by atoms with Gasteiger partial charge in [0.05, 0.1) is 5.56 Å². The van der Waals surface area contributed by atoms with Crippen LogP contribution in [-0.2, 0) is 9.59 Å². The SMILES string of the molecule is O=C(c1ccc(O)cc1)c1ccc(O)c(O)c1O.O=C1C=CC=CC1=O. The lowest BCUT2D eigenvalue weighted by molar-refractivity contribution is -0.131. The molecule has 1 aliphatic carbocycles. The van der Waals surface area contributed by atoms with Gasteiger partial charge in [-0.1, -0.05) is 12.2 Å². The molecule has 2 aromatic rings. The third-order valence-corrected chi connectivity index (χ3v) is 3.35. The maximum atomic E-state index is 12.0. The van der Waals surface area contributed by atoms with Crippen molar-refractivity contribution in [2.24, 2.45) is 0 Å². The highest BCUT2D eigenvalue weighted by molar-refractivity contribution is 6.46. The van der Waals surface area contributed by atoms with Crippen molar-refractivity contribution in [2.75, 3.05) is 0 Å². The van der Waals surface area contributed by atoms with Crippen LogP contribution in [0, 0.1) is 0 Å². The molecule has 0 amide bonds. The van der Waals surface area contributed by atoms with E-state index in [1.165, 1.54) is 42.5 Å². The van der Waals surface area contributed by atoms with Crippen molar-refractivity contribution in [2.45, 2.75) is 0 Å². The molecule has 26 heavy (non-hydrogen) atoms. The molecule has 4 N–H and O–H groups in total. The molecule has 7 nitrogen and oxygen atoms in total. The normalized spacial score (nSPS) is 12.5. The molecule has 0 atom stereocenters. The summed E-state index contributed by atoms with van der Waals surface area (Å²) in [5.41, 5.74) is 0.115. The van der Waals surface area contributed by atoms with Gasteiger partial charge in [-0.2, -0.15) is 0 Å². The smallest absolute Gasteiger partial charge is 0.225 e. The summed E-state index contributed by atoms with van der Waals surface area (Å²) in [5, 5.41) is 37.2. The molecule has 3 rings (SSSR count). The number of allylic oxidation sites excluding steroid dienone is 4. The number of phenolic OH excluding ortho intramolecular Hbond substituents is 4. The summed E-state index contributed by atoms with van der Waals surface area (Å²) in [4.78, 5) is 32.6. The third-order valence-electron chi connectivity index (χ3n) is 3.35. The Morgan fingerprint density at radius 3 is 1.73 bits per heavy atom. The number of aromatic hydroxyl groups is 4. The molecule has 0 fully saturated rings. The fourth-order valence-electron chi connectivity index (χ4n) is 1.97. The molecule has 0 aromatic heterocycles. The van der Waals surface area contributed by atoms with Gasteiger partial charge in [-0.3, -0.25) is 14.4 Å². The van der Waals surface area contributed by atoms with Crippen LogP contribution in [-0.4, -0.2) is 37.8 Å². The standard InChI is InChI=1S/C13H10O5.C6H4O2/c14-8-3-1-7(2-4-8)11(16)9-5-6-10(15)13(18)12(9)17;7-5-3-1-2-4-6(5)8/h1-6,14-15,17-18H;1-4H. The molecule has 0 saturated carbocycles. The maximum Gasteiger partial charge on any atom is 0.225 e. The first-order valence-corrected chi connectivity index (χ1v) is 7.32. The number of hydrogen-bond acceptors (Lipinski definition) is 7. The van der Waals surface area contributed by atoms with Gasteiger partial charge in [-0.05, 0) is 48.6 Å². The number of phenols is 4. The van der Waals surface area contributed by atoms with E-state index >= 15 is 0 Å². The zero-order valence-corrected chi connectivity index (χ0v) is 13.3. The number of carbonyl (C=O) groups excluding carboxylic acids is 3. The lowest BCUT2D eigenvalue weighted by Crippen LogP contribution is -2.08. The van der Waals surface area contributed by atoms with Crippen molar-refractivity contribution in [3.8, 4) is 23.0 Å². The van der Waals surface area contributed by atoms with Crippen LogP contribution in [0.25, 0.3) is 0 Å². The maximum absolute atomic E-state index is 12.0. The Morgan fingerprint density at radius 2 is 1.23 bits per heavy atom. The van der Waals surface area contributed by atoms with Gasteiger partial charge >= 0.3 is 0 Å². The zero-order valence-electron chi connectivity index (χ0n) is 13.3. The Morgan fingerprint density at radius 1 is 0.692 bits per heavy atom. The first-order chi connectivity index (χ1) is 12.3. The average Bonchev–Trinajstić information content (AvgIpc) is 2.63. The van der Waals surface area contributed by atoms with Crippen molar-refractivity contribution < 1.29 is 34.8 Å². The van der Waals surface area contributed by atoms with Gasteiger partial charge in [0.25, 0.3) is 0 Å². The minimum absolute atomic E-state index is 0.0179.